The first-order valence-corrected chi connectivity index (χ1v) is 9.44. The molecule has 0 spiro atoms. The number of sulfone groups is 1. The smallest absolute Gasteiger partial charge is 0.153 e. The molecule has 0 bridgehead atoms. The van der Waals surface area contributed by atoms with Gasteiger partial charge in [-0.3, -0.25) is 4.90 Å². The maximum atomic E-state index is 11.7. The fraction of sp³-hybridized carbons (Fsp3) is 1.00. The summed E-state index contributed by atoms with van der Waals surface area (Å²) in [6.45, 7) is 6.99. The summed E-state index contributed by atoms with van der Waals surface area (Å²) in [6, 6.07) is 0.825. The first-order chi connectivity index (χ1) is 9.27. The fourth-order valence-corrected chi connectivity index (χ4v) is 5.45. The number of hydrogen-bond donors (Lipinski definition) is 2. The maximum absolute atomic E-state index is 11.7. The van der Waals surface area contributed by atoms with Gasteiger partial charge in [0.25, 0.3) is 0 Å². The van der Waals surface area contributed by atoms with Crippen molar-refractivity contribution in [2.24, 2.45) is 0 Å². The van der Waals surface area contributed by atoms with Crippen molar-refractivity contribution >= 4 is 9.84 Å². The Morgan fingerprint density at radius 2 is 2.15 bits per heavy atom. The predicted octanol–water partition coefficient (Wildman–Crippen LogP) is 0.387. The van der Waals surface area contributed by atoms with Crippen molar-refractivity contribution in [2.75, 3.05) is 24.7 Å². The van der Waals surface area contributed by atoms with E-state index in [4.69, 9.17) is 0 Å². The molecular formula is C14H28N2O3S. The summed E-state index contributed by atoms with van der Waals surface area (Å²) >= 11 is 0. The monoisotopic (exact) mass is 304 g/mol. The second-order valence-corrected chi connectivity index (χ2v) is 9.06. The first kappa shape index (κ1) is 16.2. The Hall–Kier alpha value is -0.170. The third-order valence-corrected chi connectivity index (χ3v) is 6.47. The predicted molar refractivity (Wildman–Crippen MR) is 80.5 cm³/mol. The van der Waals surface area contributed by atoms with E-state index < -0.39 is 9.84 Å². The number of nitrogens with one attached hydrogen (secondary N) is 1. The van der Waals surface area contributed by atoms with E-state index in [0.29, 0.717) is 18.6 Å². The van der Waals surface area contributed by atoms with Crippen molar-refractivity contribution < 1.29 is 13.5 Å². The van der Waals surface area contributed by atoms with Gasteiger partial charge >= 0.3 is 0 Å². The normalized spacial score (nSPS) is 38.5. The molecule has 2 aliphatic rings. The molecule has 0 radical (unpaired) electrons. The Kier molecular flexibility index (Phi) is 4.79. The highest BCUT2D eigenvalue weighted by Gasteiger charge is 2.43. The van der Waals surface area contributed by atoms with E-state index in [1.165, 1.54) is 0 Å². The summed E-state index contributed by atoms with van der Waals surface area (Å²) in [6.07, 6.45) is 2.90. The summed E-state index contributed by atoms with van der Waals surface area (Å²) in [5.74, 6) is 0.546. The molecule has 0 aromatic heterocycles. The Morgan fingerprint density at radius 3 is 2.70 bits per heavy atom. The van der Waals surface area contributed by atoms with Gasteiger partial charge in [0.05, 0.1) is 18.1 Å². The minimum absolute atomic E-state index is 0.0901. The number of nitrogens with zero attached hydrogens (tertiary/aromatic N) is 1. The van der Waals surface area contributed by atoms with Crippen LogP contribution in [0.5, 0.6) is 0 Å². The summed E-state index contributed by atoms with van der Waals surface area (Å²) < 4.78 is 23.3. The van der Waals surface area contributed by atoms with Crippen LogP contribution in [0.15, 0.2) is 0 Å². The molecule has 118 valence electrons. The maximum Gasteiger partial charge on any atom is 0.153 e. The van der Waals surface area contributed by atoms with Crippen molar-refractivity contribution in [1.29, 1.82) is 0 Å². The molecule has 6 heteroatoms. The number of aliphatic hydroxyl groups is 1. The van der Waals surface area contributed by atoms with Gasteiger partial charge < -0.3 is 10.4 Å². The summed E-state index contributed by atoms with van der Waals surface area (Å²) in [4.78, 5) is 2.33. The lowest BCUT2D eigenvalue weighted by Crippen LogP contribution is -2.54. The second kappa shape index (κ2) is 5.91. The van der Waals surface area contributed by atoms with Crippen LogP contribution in [0, 0.1) is 0 Å². The molecule has 0 aromatic carbocycles. The van der Waals surface area contributed by atoms with Gasteiger partial charge in [-0.05, 0) is 26.2 Å². The van der Waals surface area contributed by atoms with Crippen LogP contribution in [0.25, 0.3) is 0 Å². The molecule has 1 saturated carbocycles. The van der Waals surface area contributed by atoms with Crippen molar-refractivity contribution in [3.63, 3.8) is 0 Å². The van der Waals surface area contributed by atoms with Gasteiger partial charge in [-0.25, -0.2) is 8.42 Å². The highest BCUT2D eigenvalue weighted by molar-refractivity contribution is 7.91. The van der Waals surface area contributed by atoms with Crippen LogP contribution in [-0.2, 0) is 9.84 Å². The lowest BCUT2D eigenvalue weighted by atomic mass is 9.97. The molecule has 2 fully saturated rings. The van der Waals surface area contributed by atoms with Crippen LogP contribution in [0.4, 0.5) is 0 Å². The lowest BCUT2D eigenvalue weighted by molar-refractivity contribution is 0.122. The average molecular weight is 304 g/mol. The van der Waals surface area contributed by atoms with Crippen molar-refractivity contribution in [2.45, 2.75) is 63.7 Å². The minimum atomic E-state index is -2.85. The van der Waals surface area contributed by atoms with Crippen molar-refractivity contribution in [3.8, 4) is 0 Å². The van der Waals surface area contributed by atoms with Crippen molar-refractivity contribution in [3.05, 3.63) is 0 Å². The molecule has 1 aliphatic heterocycles. The topological polar surface area (TPSA) is 69.6 Å². The van der Waals surface area contributed by atoms with Gasteiger partial charge in [0.2, 0.25) is 0 Å². The molecule has 1 aliphatic carbocycles. The molecule has 1 saturated heterocycles. The second-order valence-electron chi connectivity index (χ2n) is 6.84. The van der Waals surface area contributed by atoms with Gasteiger partial charge in [0.1, 0.15) is 0 Å². The zero-order valence-corrected chi connectivity index (χ0v) is 13.6. The summed E-state index contributed by atoms with van der Waals surface area (Å²) in [7, 11) is -2.85. The van der Waals surface area contributed by atoms with E-state index in [0.717, 1.165) is 19.3 Å². The highest BCUT2D eigenvalue weighted by Crippen LogP contribution is 2.35. The van der Waals surface area contributed by atoms with Crippen LogP contribution in [0.2, 0.25) is 0 Å². The number of hydrogen-bond acceptors (Lipinski definition) is 5. The molecule has 3 atom stereocenters. The van der Waals surface area contributed by atoms with Crippen LogP contribution >= 0.6 is 0 Å². The standard InChI is InChI=1S/C14H28N2O3S/c1-11(2)15-14(10-17)5-4-13(8-14)16-6-7-20(18,19)9-12(16)3/h11-13,15,17H,4-10H2,1-3H3. The van der Waals surface area contributed by atoms with E-state index in [2.05, 4.69) is 24.1 Å². The van der Waals surface area contributed by atoms with Gasteiger partial charge in [-0.15, -0.1) is 0 Å². The van der Waals surface area contributed by atoms with Gasteiger partial charge in [0, 0.05) is 30.2 Å². The van der Waals surface area contributed by atoms with E-state index in [-0.39, 0.29) is 29.7 Å². The SMILES string of the molecule is CC(C)NC1(CO)CCC(N2CCS(=O)(=O)CC2C)C1. The van der Waals surface area contributed by atoms with Gasteiger partial charge in [0.15, 0.2) is 9.84 Å². The Balaban J connectivity index is 2.02. The van der Waals surface area contributed by atoms with E-state index in [9.17, 15) is 13.5 Å². The summed E-state index contributed by atoms with van der Waals surface area (Å²) in [5, 5.41) is 13.3. The van der Waals surface area contributed by atoms with Crippen molar-refractivity contribution in [1.82, 2.24) is 10.2 Å². The third-order valence-electron chi connectivity index (χ3n) is 4.67. The molecule has 2 N–H and O–H groups in total. The van der Waals surface area contributed by atoms with Crippen LogP contribution < -0.4 is 5.32 Å². The molecule has 3 unspecified atom stereocenters. The van der Waals surface area contributed by atoms with Crippen LogP contribution in [0.3, 0.4) is 0 Å². The molecule has 0 aromatic rings. The van der Waals surface area contributed by atoms with Crippen LogP contribution in [0.1, 0.15) is 40.0 Å². The fourth-order valence-electron chi connectivity index (χ4n) is 3.87. The highest BCUT2D eigenvalue weighted by atomic mass is 32.2. The molecule has 5 nitrogen and oxygen atoms in total. The quantitative estimate of drug-likeness (QED) is 0.786. The largest absolute Gasteiger partial charge is 0.394 e. The molecule has 2 rings (SSSR count). The Morgan fingerprint density at radius 1 is 1.45 bits per heavy atom. The number of aliphatic hydroxyl groups excluding tert-OH is 1. The molecular weight excluding hydrogens is 276 g/mol. The van der Waals surface area contributed by atoms with Crippen LogP contribution in [-0.4, -0.2) is 66.7 Å². The Bertz CT molecular complexity index is 438. The zero-order chi connectivity index (χ0) is 15.0. The Labute approximate surface area is 122 Å². The molecule has 20 heavy (non-hydrogen) atoms. The minimum Gasteiger partial charge on any atom is -0.394 e. The first-order valence-electron chi connectivity index (χ1n) is 7.62. The van der Waals surface area contributed by atoms with Gasteiger partial charge in [-0.2, -0.15) is 0 Å². The summed E-state index contributed by atoms with van der Waals surface area (Å²) in [5.41, 5.74) is -0.186. The van der Waals surface area contributed by atoms with E-state index in [1.807, 2.05) is 6.92 Å². The van der Waals surface area contributed by atoms with E-state index >= 15 is 0 Å². The zero-order valence-electron chi connectivity index (χ0n) is 12.8. The molecule has 0 amide bonds. The van der Waals surface area contributed by atoms with Gasteiger partial charge in [-0.1, -0.05) is 13.8 Å². The lowest BCUT2D eigenvalue weighted by Gasteiger charge is -2.39. The third kappa shape index (κ3) is 3.53. The van der Waals surface area contributed by atoms with E-state index in [1.54, 1.807) is 0 Å². The number of rotatable bonds is 4. The average Bonchev–Trinajstić information content (AvgIpc) is 2.71. The molecule has 1 heterocycles.